The van der Waals surface area contributed by atoms with Crippen molar-refractivity contribution in [2.24, 2.45) is 11.7 Å². The first kappa shape index (κ1) is 20.8. The molecule has 0 aliphatic carbocycles. The van der Waals surface area contributed by atoms with Crippen molar-refractivity contribution in [3.8, 4) is 0 Å². The molecule has 3 unspecified atom stereocenters. The van der Waals surface area contributed by atoms with E-state index in [2.05, 4.69) is 17.2 Å². The predicted molar refractivity (Wildman–Crippen MR) is 93.4 cm³/mol. The Hall–Kier alpha value is -2.22. The van der Waals surface area contributed by atoms with Crippen molar-refractivity contribution in [2.75, 3.05) is 19.6 Å². The highest BCUT2D eigenvalue weighted by atomic mass is 16.2. The fourth-order valence-electron chi connectivity index (χ4n) is 2.97. The van der Waals surface area contributed by atoms with E-state index in [0.29, 0.717) is 25.8 Å². The van der Waals surface area contributed by atoms with E-state index < -0.39 is 29.7 Å². The second kappa shape index (κ2) is 9.93. The van der Waals surface area contributed by atoms with Crippen molar-refractivity contribution < 1.29 is 19.2 Å². The van der Waals surface area contributed by atoms with Crippen molar-refractivity contribution in [3.05, 3.63) is 12.7 Å². The van der Waals surface area contributed by atoms with Gasteiger partial charge in [-0.1, -0.05) is 26.3 Å². The Morgan fingerprint density at radius 2 is 2.04 bits per heavy atom. The molecule has 1 fully saturated rings. The van der Waals surface area contributed by atoms with Crippen LogP contribution in [0.1, 0.15) is 33.1 Å². The van der Waals surface area contributed by atoms with Gasteiger partial charge in [0.15, 0.2) is 0 Å². The van der Waals surface area contributed by atoms with E-state index in [1.54, 1.807) is 0 Å². The number of ketones is 1. The zero-order valence-electron chi connectivity index (χ0n) is 14.9. The first-order valence-electron chi connectivity index (χ1n) is 8.60. The number of amides is 3. The summed E-state index contributed by atoms with van der Waals surface area (Å²) in [5, 5.41) is 5.07. The lowest BCUT2D eigenvalue weighted by Gasteiger charge is -2.27. The van der Waals surface area contributed by atoms with Gasteiger partial charge in [0.2, 0.25) is 17.6 Å². The van der Waals surface area contributed by atoms with Crippen molar-refractivity contribution >= 4 is 23.5 Å². The quantitative estimate of drug-likeness (QED) is 0.376. The standard InChI is InChI=1S/C17H28N4O4/c1-4-6-12(15(23)17(25)19-8-5-2)20-16(24)14-11(3)7-9-21(14)13(22)10-18/h5,11-12,14H,2,4,6-10,18H2,1,3H3,(H,19,25)(H,20,24). The molecule has 1 aliphatic heterocycles. The van der Waals surface area contributed by atoms with Gasteiger partial charge in [-0.05, 0) is 18.8 Å². The van der Waals surface area contributed by atoms with Crippen LogP contribution in [0.4, 0.5) is 0 Å². The summed E-state index contributed by atoms with van der Waals surface area (Å²) < 4.78 is 0. The molecule has 3 atom stereocenters. The van der Waals surface area contributed by atoms with Crippen LogP contribution < -0.4 is 16.4 Å². The molecule has 4 N–H and O–H groups in total. The predicted octanol–water partition coefficient (Wildman–Crippen LogP) is -0.662. The summed E-state index contributed by atoms with van der Waals surface area (Å²) in [5.41, 5.74) is 5.41. The molecule has 8 heteroatoms. The Morgan fingerprint density at radius 3 is 2.60 bits per heavy atom. The van der Waals surface area contributed by atoms with Crippen LogP contribution in [-0.2, 0) is 19.2 Å². The van der Waals surface area contributed by atoms with E-state index in [1.807, 2.05) is 13.8 Å². The molecule has 0 saturated carbocycles. The fraction of sp³-hybridized carbons (Fsp3) is 0.647. The number of nitrogens with two attached hydrogens (primary N) is 1. The summed E-state index contributed by atoms with van der Waals surface area (Å²) in [4.78, 5) is 50.2. The third kappa shape index (κ3) is 5.38. The zero-order chi connectivity index (χ0) is 19.0. The molecule has 1 heterocycles. The molecule has 25 heavy (non-hydrogen) atoms. The number of hydrogen-bond donors (Lipinski definition) is 3. The lowest BCUT2D eigenvalue weighted by molar-refractivity contribution is -0.142. The molecule has 1 saturated heterocycles. The van der Waals surface area contributed by atoms with Gasteiger partial charge in [-0.25, -0.2) is 0 Å². The van der Waals surface area contributed by atoms with Gasteiger partial charge in [-0.3, -0.25) is 19.2 Å². The molecule has 0 spiro atoms. The van der Waals surface area contributed by atoms with Gasteiger partial charge in [0.1, 0.15) is 6.04 Å². The average molecular weight is 352 g/mol. The Kier molecular flexibility index (Phi) is 8.27. The third-order valence-corrected chi connectivity index (χ3v) is 4.30. The maximum atomic E-state index is 12.7. The van der Waals surface area contributed by atoms with Gasteiger partial charge < -0.3 is 21.3 Å². The van der Waals surface area contributed by atoms with Gasteiger partial charge in [0, 0.05) is 13.1 Å². The van der Waals surface area contributed by atoms with E-state index >= 15 is 0 Å². The van der Waals surface area contributed by atoms with Gasteiger partial charge >= 0.3 is 0 Å². The minimum atomic E-state index is -0.912. The second-order valence-corrected chi connectivity index (χ2v) is 6.21. The molecule has 1 aliphatic rings. The molecule has 0 bridgehead atoms. The van der Waals surface area contributed by atoms with Crippen LogP contribution in [0, 0.1) is 5.92 Å². The van der Waals surface area contributed by atoms with E-state index in [4.69, 9.17) is 5.73 Å². The van der Waals surface area contributed by atoms with E-state index in [-0.39, 0.29) is 24.9 Å². The number of likely N-dealkylation sites (tertiary alicyclic amines) is 1. The van der Waals surface area contributed by atoms with Crippen LogP contribution in [0.5, 0.6) is 0 Å². The zero-order valence-corrected chi connectivity index (χ0v) is 14.9. The van der Waals surface area contributed by atoms with Crippen molar-refractivity contribution in [2.45, 2.75) is 45.2 Å². The topological polar surface area (TPSA) is 122 Å². The normalized spacial score (nSPS) is 20.7. The molecular formula is C17H28N4O4. The number of Topliss-reactive ketones (excluding diaryl/α,β-unsaturated/α-hetero) is 1. The summed E-state index contributed by atoms with van der Waals surface area (Å²) in [7, 11) is 0. The minimum absolute atomic E-state index is 0.0394. The van der Waals surface area contributed by atoms with Crippen molar-refractivity contribution in [3.63, 3.8) is 0 Å². The monoisotopic (exact) mass is 352 g/mol. The first-order chi connectivity index (χ1) is 11.9. The van der Waals surface area contributed by atoms with Gasteiger partial charge in [0.25, 0.3) is 5.91 Å². The largest absolute Gasteiger partial charge is 0.346 e. The first-order valence-corrected chi connectivity index (χ1v) is 8.60. The van der Waals surface area contributed by atoms with E-state index in [0.717, 1.165) is 0 Å². The highest BCUT2D eigenvalue weighted by Crippen LogP contribution is 2.24. The van der Waals surface area contributed by atoms with Crippen LogP contribution in [0.3, 0.4) is 0 Å². The molecule has 0 aromatic rings. The van der Waals surface area contributed by atoms with Crippen molar-refractivity contribution in [1.82, 2.24) is 15.5 Å². The molecule has 140 valence electrons. The molecule has 0 aromatic carbocycles. The van der Waals surface area contributed by atoms with Crippen LogP contribution in [0.15, 0.2) is 12.7 Å². The third-order valence-electron chi connectivity index (χ3n) is 4.30. The second-order valence-electron chi connectivity index (χ2n) is 6.21. The summed E-state index contributed by atoms with van der Waals surface area (Å²) in [6, 6.07) is -1.58. The highest BCUT2D eigenvalue weighted by molar-refractivity contribution is 6.38. The highest BCUT2D eigenvalue weighted by Gasteiger charge is 2.40. The molecule has 0 radical (unpaired) electrons. The summed E-state index contributed by atoms with van der Waals surface area (Å²) in [5.74, 6) is -2.21. The van der Waals surface area contributed by atoms with Crippen molar-refractivity contribution in [1.29, 1.82) is 0 Å². The number of carbonyl (C=O) groups is 4. The van der Waals surface area contributed by atoms with E-state index in [9.17, 15) is 19.2 Å². The smallest absolute Gasteiger partial charge is 0.289 e. The Balaban J connectivity index is 2.83. The Bertz CT molecular complexity index is 535. The number of carbonyl (C=O) groups excluding carboxylic acids is 4. The summed E-state index contributed by atoms with van der Waals surface area (Å²) in [6.45, 7) is 7.67. The van der Waals surface area contributed by atoms with Crippen LogP contribution in [0.25, 0.3) is 0 Å². The number of nitrogens with zero attached hydrogens (tertiary/aromatic N) is 1. The number of rotatable bonds is 9. The lowest BCUT2D eigenvalue weighted by Crippen LogP contribution is -2.55. The Morgan fingerprint density at radius 1 is 1.36 bits per heavy atom. The molecular weight excluding hydrogens is 324 g/mol. The maximum Gasteiger partial charge on any atom is 0.289 e. The molecule has 8 nitrogen and oxygen atoms in total. The van der Waals surface area contributed by atoms with Gasteiger partial charge in [-0.2, -0.15) is 0 Å². The Labute approximate surface area is 148 Å². The SMILES string of the molecule is C=CCNC(=O)C(=O)C(CCC)NC(=O)C1C(C)CCN1C(=O)CN. The average Bonchev–Trinajstić information content (AvgIpc) is 2.99. The maximum absolute atomic E-state index is 12.7. The fourth-order valence-corrected chi connectivity index (χ4v) is 2.97. The lowest BCUT2D eigenvalue weighted by atomic mass is 10.00. The molecule has 0 aromatic heterocycles. The number of hydrogen-bond acceptors (Lipinski definition) is 5. The summed E-state index contributed by atoms with van der Waals surface area (Å²) >= 11 is 0. The van der Waals surface area contributed by atoms with Gasteiger partial charge in [0.05, 0.1) is 12.6 Å². The van der Waals surface area contributed by atoms with E-state index in [1.165, 1.54) is 11.0 Å². The summed E-state index contributed by atoms with van der Waals surface area (Å²) in [6.07, 6.45) is 3.13. The molecule has 3 amide bonds. The number of nitrogens with one attached hydrogen (secondary N) is 2. The minimum Gasteiger partial charge on any atom is -0.346 e. The van der Waals surface area contributed by atoms with Crippen LogP contribution in [0.2, 0.25) is 0 Å². The molecule has 1 rings (SSSR count). The van der Waals surface area contributed by atoms with Crippen LogP contribution >= 0.6 is 0 Å². The van der Waals surface area contributed by atoms with Gasteiger partial charge in [-0.15, -0.1) is 6.58 Å². The van der Waals surface area contributed by atoms with Crippen LogP contribution in [-0.4, -0.2) is 60.1 Å².